The molecule has 0 aromatic carbocycles. The van der Waals surface area contributed by atoms with Gasteiger partial charge in [0.2, 0.25) is 5.71 Å². The van der Waals surface area contributed by atoms with Crippen LogP contribution < -0.4 is 5.73 Å². The number of fused-ring (bicyclic) bond motifs is 1. The second-order valence-electron chi connectivity index (χ2n) is 2.66. The van der Waals surface area contributed by atoms with Crippen molar-refractivity contribution in [2.45, 2.75) is 6.10 Å². The maximum Gasteiger partial charge on any atom is 0.204 e. The number of H-pyrrole nitrogens is 1. The lowest BCUT2D eigenvalue weighted by molar-refractivity contribution is 0.160. The molecule has 0 spiro atoms. The van der Waals surface area contributed by atoms with E-state index < -0.39 is 6.10 Å². The third-order valence-corrected chi connectivity index (χ3v) is 1.81. The highest BCUT2D eigenvalue weighted by Crippen LogP contribution is 2.21. The molecule has 1 atom stereocenters. The number of furan rings is 1. The van der Waals surface area contributed by atoms with Gasteiger partial charge in [0.25, 0.3) is 0 Å². The molecule has 2 aromatic rings. The molecule has 4 N–H and O–H groups in total. The second kappa shape index (κ2) is 2.66. The van der Waals surface area contributed by atoms with Crippen LogP contribution in [0.2, 0.25) is 0 Å². The highest BCUT2D eigenvalue weighted by atomic mass is 16.4. The molecule has 4 nitrogen and oxygen atoms in total. The summed E-state index contributed by atoms with van der Waals surface area (Å²) in [4.78, 5) is 2.90. The summed E-state index contributed by atoms with van der Waals surface area (Å²) in [5.74, 6) is 0.513. The molecule has 2 heterocycles. The van der Waals surface area contributed by atoms with Gasteiger partial charge in [0, 0.05) is 18.1 Å². The maximum atomic E-state index is 9.32. The number of aromatic nitrogens is 1. The van der Waals surface area contributed by atoms with Gasteiger partial charge in [-0.3, -0.25) is 0 Å². The van der Waals surface area contributed by atoms with E-state index >= 15 is 0 Å². The zero-order valence-corrected chi connectivity index (χ0v) is 6.45. The van der Waals surface area contributed by atoms with Crippen LogP contribution in [-0.4, -0.2) is 16.6 Å². The summed E-state index contributed by atoms with van der Waals surface area (Å²) in [6.45, 7) is 0.177. The lowest BCUT2D eigenvalue weighted by atomic mass is 10.2. The average molecular weight is 166 g/mol. The summed E-state index contributed by atoms with van der Waals surface area (Å²) in [5, 5.41) is 10.3. The van der Waals surface area contributed by atoms with Gasteiger partial charge in [-0.1, -0.05) is 0 Å². The third-order valence-electron chi connectivity index (χ3n) is 1.81. The first-order valence-corrected chi connectivity index (χ1v) is 3.76. The second-order valence-corrected chi connectivity index (χ2v) is 2.66. The molecule has 0 radical (unpaired) electrons. The van der Waals surface area contributed by atoms with Crippen LogP contribution in [0.4, 0.5) is 0 Å². The Kier molecular flexibility index (Phi) is 1.64. The first kappa shape index (κ1) is 7.39. The van der Waals surface area contributed by atoms with E-state index in [0.717, 1.165) is 5.39 Å². The fourth-order valence-corrected chi connectivity index (χ4v) is 1.15. The van der Waals surface area contributed by atoms with Gasteiger partial charge in [0.15, 0.2) is 0 Å². The smallest absolute Gasteiger partial charge is 0.204 e. The maximum absolute atomic E-state index is 9.32. The predicted molar refractivity (Wildman–Crippen MR) is 44.6 cm³/mol. The average Bonchev–Trinajstić information content (AvgIpc) is 2.60. The fraction of sp³-hybridized carbons (Fsp3) is 0.250. The lowest BCUT2D eigenvalue weighted by Gasteiger charge is -2.00. The molecule has 0 fully saturated rings. The summed E-state index contributed by atoms with van der Waals surface area (Å²) in [5.41, 5.74) is 5.95. The number of hydrogen-bond acceptors (Lipinski definition) is 3. The van der Waals surface area contributed by atoms with Gasteiger partial charge in [0.1, 0.15) is 11.9 Å². The molecule has 4 heteroatoms. The van der Waals surface area contributed by atoms with Crippen LogP contribution in [0.5, 0.6) is 0 Å². The van der Waals surface area contributed by atoms with E-state index in [1.54, 1.807) is 12.3 Å². The summed E-state index contributed by atoms with van der Waals surface area (Å²) < 4.78 is 5.28. The van der Waals surface area contributed by atoms with Crippen molar-refractivity contribution in [3.63, 3.8) is 0 Å². The summed E-state index contributed by atoms with van der Waals surface area (Å²) >= 11 is 0. The van der Waals surface area contributed by atoms with E-state index in [1.165, 1.54) is 0 Å². The predicted octanol–water partition coefficient (Wildman–Crippen LogP) is 0.753. The highest BCUT2D eigenvalue weighted by Gasteiger charge is 2.11. The monoisotopic (exact) mass is 166 g/mol. The van der Waals surface area contributed by atoms with Crippen molar-refractivity contribution in [2.24, 2.45) is 5.73 Å². The van der Waals surface area contributed by atoms with Crippen molar-refractivity contribution in [3.05, 3.63) is 24.1 Å². The van der Waals surface area contributed by atoms with Gasteiger partial charge < -0.3 is 20.2 Å². The number of aliphatic hydroxyl groups is 1. The van der Waals surface area contributed by atoms with E-state index in [9.17, 15) is 5.11 Å². The molecule has 12 heavy (non-hydrogen) atoms. The molecule has 2 rings (SSSR count). The molecule has 2 aromatic heterocycles. The van der Waals surface area contributed by atoms with Crippen molar-refractivity contribution >= 4 is 11.1 Å². The third kappa shape index (κ3) is 1.01. The van der Waals surface area contributed by atoms with Crippen LogP contribution in [0.1, 0.15) is 11.9 Å². The Morgan fingerprint density at radius 3 is 3.17 bits per heavy atom. The molecular weight excluding hydrogens is 156 g/mol. The van der Waals surface area contributed by atoms with Gasteiger partial charge in [-0.15, -0.1) is 0 Å². The largest absolute Gasteiger partial charge is 0.442 e. The molecule has 0 amide bonds. The van der Waals surface area contributed by atoms with E-state index in [4.69, 9.17) is 10.2 Å². The molecule has 64 valence electrons. The molecule has 0 saturated heterocycles. The zero-order valence-electron chi connectivity index (χ0n) is 6.45. The fourth-order valence-electron chi connectivity index (χ4n) is 1.15. The van der Waals surface area contributed by atoms with Crippen molar-refractivity contribution < 1.29 is 9.52 Å². The normalized spacial score (nSPS) is 13.8. The van der Waals surface area contributed by atoms with Crippen LogP contribution in [0.15, 0.2) is 22.7 Å². The quantitative estimate of drug-likeness (QED) is 0.616. The number of aromatic amines is 1. The minimum Gasteiger partial charge on any atom is -0.442 e. The number of nitrogens with two attached hydrogens (primary N) is 1. The molecule has 0 bridgehead atoms. The molecule has 1 unspecified atom stereocenters. The molecule has 0 aliphatic heterocycles. The van der Waals surface area contributed by atoms with Gasteiger partial charge in [-0.2, -0.15) is 0 Å². The van der Waals surface area contributed by atoms with Crippen molar-refractivity contribution in [3.8, 4) is 0 Å². The first-order valence-electron chi connectivity index (χ1n) is 3.76. The van der Waals surface area contributed by atoms with Crippen LogP contribution in [0.3, 0.4) is 0 Å². The minimum absolute atomic E-state index is 0.177. The van der Waals surface area contributed by atoms with Crippen LogP contribution in [0.25, 0.3) is 11.1 Å². The Morgan fingerprint density at radius 1 is 1.67 bits per heavy atom. The van der Waals surface area contributed by atoms with E-state index in [2.05, 4.69) is 4.98 Å². The molecule has 0 aliphatic rings. The standard InChI is InChI=1S/C8H10N2O2/c9-4-6(11)7-3-5-1-2-10-8(5)12-7/h1-3,6,10-11H,4,9H2. The molecule has 0 aliphatic carbocycles. The highest BCUT2D eigenvalue weighted by molar-refractivity contribution is 5.74. The van der Waals surface area contributed by atoms with Crippen molar-refractivity contribution in [1.82, 2.24) is 4.98 Å². The van der Waals surface area contributed by atoms with Crippen LogP contribution >= 0.6 is 0 Å². The summed E-state index contributed by atoms with van der Waals surface area (Å²) in [6.07, 6.45) is 1.08. The van der Waals surface area contributed by atoms with Crippen LogP contribution in [0, 0.1) is 0 Å². The van der Waals surface area contributed by atoms with Gasteiger partial charge >= 0.3 is 0 Å². The molecular formula is C8H10N2O2. The van der Waals surface area contributed by atoms with Crippen LogP contribution in [-0.2, 0) is 0 Å². The Hall–Kier alpha value is -1.26. The molecule has 0 saturated carbocycles. The first-order chi connectivity index (χ1) is 5.81. The zero-order chi connectivity index (χ0) is 8.55. The van der Waals surface area contributed by atoms with Crippen molar-refractivity contribution in [1.29, 1.82) is 0 Å². The van der Waals surface area contributed by atoms with E-state index in [-0.39, 0.29) is 6.54 Å². The van der Waals surface area contributed by atoms with Gasteiger partial charge in [0.05, 0.1) is 0 Å². The van der Waals surface area contributed by atoms with Crippen molar-refractivity contribution in [2.75, 3.05) is 6.54 Å². The Labute approximate surface area is 69.0 Å². The van der Waals surface area contributed by atoms with E-state index in [1.807, 2.05) is 6.07 Å². The number of nitrogens with one attached hydrogen (secondary N) is 1. The Balaban J connectivity index is 2.44. The summed E-state index contributed by atoms with van der Waals surface area (Å²) in [7, 11) is 0. The lowest BCUT2D eigenvalue weighted by Crippen LogP contribution is -2.10. The number of aliphatic hydroxyl groups excluding tert-OH is 1. The SMILES string of the molecule is NCC(O)c1cc2cc[nH]c2o1. The van der Waals surface area contributed by atoms with Gasteiger partial charge in [-0.25, -0.2) is 0 Å². The Bertz CT molecular complexity index is 348. The van der Waals surface area contributed by atoms with E-state index in [0.29, 0.717) is 11.5 Å². The minimum atomic E-state index is -0.703. The Morgan fingerprint density at radius 2 is 2.50 bits per heavy atom. The number of rotatable bonds is 2. The van der Waals surface area contributed by atoms with Gasteiger partial charge in [-0.05, 0) is 12.1 Å². The topological polar surface area (TPSA) is 75.2 Å². The summed E-state index contributed by atoms with van der Waals surface area (Å²) in [6, 6.07) is 3.66. The number of hydrogen-bond donors (Lipinski definition) is 3.